The van der Waals surface area contributed by atoms with E-state index in [-0.39, 0.29) is 19.0 Å². The van der Waals surface area contributed by atoms with Gasteiger partial charge in [0.15, 0.2) is 0 Å². The highest BCUT2D eigenvalue weighted by Crippen LogP contribution is 1.98. The highest BCUT2D eigenvalue weighted by atomic mass is 16.4. The molecule has 4 N–H and O–H groups in total. The standard InChI is InChI=1S/C10H17N3O4/c1-2-3-6(10(16)17)13-9(15)7-4-12-8(14)5-11-7/h6-7,11H,2-5H2,1H3,(H,12,14)(H,13,15)(H,16,17)/t6-,7?/m1/s1. The number of carboxylic acids is 1. The van der Waals surface area contributed by atoms with Crippen LogP contribution in [0.25, 0.3) is 0 Å². The van der Waals surface area contributed by atoms with E-state index in [1.807, 2.05) is 6.92 Å². The van der Waals surface area contributed by atoms with Gasteiger partial charge in [-0.2, -0.15) is 0 Å². The van der Waals surface area contributed by atoms with Crippen LogP contribution in [0.1, 0.15) is 19.8 Å². The summed E-state index contributed by atoms with van der Waals surface area (Å²) in [5.41, 5.74) is 0. The van der Waals surface area contributed by atoms with Gasteiger partial charge in [-0.3, -0.25) is 14.9 Å². The third-order valence-corrected chi connectivity index (χ3v) is 2.52. The molecule has 0 saturated carbocycles. The number of hydrogen-bond donors (Lipinski definition) is 4. The van der Waals surface area contributed by atoms with Gasteiger partial charge in [0.2, 0.25) is 11.8 Å². The van der Waals surface area contributed by atoms with Crippen LogP contribution in [0.2, 0.25) is 0 Å². The smallest absolute Gasteiger partial charge is 0.326 e. The van der Waals surface area contributed by atoms with Gasteiger partial charge in [0.25, 0.3) is 0 Å². The molecule has 0 aliphatic carbocycles. The van der Waals surface area contributed by atoms with Crippen LogP contribution in [0.4, 0.5) is 0 Å². The minimum Gasteiger partial charge on any atom is -0.480 e. The Hall–Kier alpha value is -1.63. The second kappa shape index (κ2) is 6.19. The topological polar surface area (TPSA) is 108 Å². The Morgan fingerprint density at radius 2 is 2.29 bits per heavy atom. The van der Waals surface area contributed by atoms with Crippen molar-refractivity contribution in [2.45, 2.75) is 31.8 Å². The van der Waals surface area contributed by atoms with Gasteiger partial charge in [-0.25, -0.2) is 4.79 Å². The first kappa shape index (κ1) is 13.4. The molecule has 1 unspecified atom stereocenters. The van der Waals surface area contributed by atoms with Crippen LogP contribution < -0.4 is 16.0 Å². The van der Waals surface area contributed by atoms with Gasteiger partial charge in [0.05, 0.1) is 6.54 Å². The number of carbonyl (C=O) groups excluding carboxylic acids is 2. The van der Waals surface area contributed by atoms with Crippen LogP contribution in [0.3, 0.4) is 0 Å². The molecule has 0 spiro atoms. The molecular weight excluding hydrogens is 226 g/mol. The highest BCUT2D eigenvalue weighted by molar-refractivity contribution is 5.89. The van der Waals surface area contributed by atoms with E-state index in [1.165, 1.54) is 0 Å². The summed E-state index contributed by atoms with van der Waals surface area (Å²) < 4.78 is 0. The fourth-order valence-electron chi connectivity index (χ4n) is 1.57. The number of rotatable bonds is 5. The van der Waals surface area contributed by atoms with E-state index >= 15 is 0 Å². The molecule has 1 aliphatic rings. The normalized spacial score (nSPS) is 21.5. The number of carbonyl (C=O) groups is 3. The molecule has 1 fully saturated rings. The summed E-state index contributed by atoms with van der Waals surface area (Å²) in [5, 5.41) is 16.6. The minimum absolute atomic E-state index is 0.0730. The van der Waals surface area contributed by atoms with Crippen molar-refractivity contribution in [1.82, 2.24) is 16.0 Å². The SMILES string of the molecule is CCC[C@@H](NC(=O)C1CNC(=O)CN1)C(=O)O. The fraction of sp³-hybridized carbons (Fsp3) is 0.700. The van der Waals surface area contributed by atoms with Gasteiger partial charge in [0.1, 0.15) is 12.1 Å². The molecule has 0 bridgehead atoms. The summed E-state index contributed by atoms with van der Waals surface area (Å²) in [4.78, 5) is 33.4. The predicted octanol–water partition coefficient (Wildman–Crippen LogP) is -1.56. The van der Waals surface area contributed by atoms with Gasteiger partial charge >= 0.3 is 5.97 Å². The second-order valence-electron chi connectivity index (χ2n) is 3.93. The zero-order valence-corrected chi connectivity index (χ0v) is 9.66. The quantitative estimate of drug-likeness (QED) is 0.467. The molecule has 2 amide bonds. The molecule has 7 heteroatoms. The lowest BCUT2D eigenvalue weighted by Crippen LogP contribution is -2.59. The molecule has 0 aromatic rings. The lowest BCUT2D eigenvalue weighted by atomic mass is 10.1. The molecular formula is C10H17N3O4. The van der Waals surface area contributed by atoms with E-state index in [0.29, 0.717) is 12.8 Å². The molecule has 1 aliphatic heterocycles. The Morgan fingerprint density at radius 1 is 1.59 bits per heavy atom. The molecule has 96 valence electrons. The summed E-state index contributed by atoms with van der Waals surface area (Å²) in [7, 11) is 0. The van der Waals surface area contributed by atoms with Crippen LogP contribution >= 0.6 is 0 Å². The van der Waals surface area contributed by atoms with E-state index in [4.69, 9.17) is 5.11 Å². The van der Waals surface area contributed by atoms with Gasteiger partial charge < -0.3 is 15.7 Å². The van der Waals surface area contributed by atoms with Crippen LogP contribution in [0.15, 0.2) is 0 Å². The molecule has 2 atom stereocenters. The fourth-order valence-corrected chi connectivity index (χ4v) is 1.57. The van der Waals surface area contributed by atoms with E-state index < -0.39 is 24.0 Å². The molecule has 0 aromatic carbocycles. The molecule has 17 heavy (non-hydrogen) atoms. The van der Waals surface area contributed by atoms with Crippen molar-refractivity contribution in [3.05, 3.63) is 0 Å². The van der Waals surface area contributed by atoms with Crippen LogP contribution in [0, 0.1) is 0 Å². The Balaban J connectivity index is 2.46. The monoisotopic (exact) mass is 243 g/mol. The number of hydrogen-bond acceptors (Lipinski definition) is 4. The lowest BCUT2D eigenvalue weighted by Gasteiger charge is -2.24. The zero-order chi connectivity index (χ0) is 12.8. The first-order chi connectivity index (χ1) is 8.04. The van der Waals surface area contributed by atoms with Crippen molar-refractivity contribution >= 4 is 17.8 Å². The maximum Gasteiger partial charge on any atom is 0.326 e. The van der Waals surface area contributed by atoms with E-state index in [1.54, 1.807) is 0 Å². The van der Waals surface area contributed by atoms with Gasteiger partial charge in [0, 0.05) is 6.54 Å². The Bertz CT molecular complexity index is 309. The molecule has 0 aromatic heterocycles. The third-order valence-electron chi connectivity index (χ3n) is 2.52. The van der Waals surface area contributed by atoms with Gasteiger partial charge in [-0.15, -0.1) is 0 Å². The van der Waals surface area contributed by atoms with Crippen molar-refractivity contribution in [3.8, 4) is 0 Å². The highest BCUT2D eigenvalue weighted by Gasteiger charge is 2.27. The molecule has 0 radical (unpaired) electrons. The average molecular weight is 243 g/mol. The summed E-state index contributed by atoms with van der Waals surface area (Å²) in [6, 6.07) is -1.43. The van der Waals surface area contributed by atoms with Crippen molar-refractivity contribution in [3.63, 3.8) is 0 Å². The second-order valence-corrected chi connectivity index (χ2v) is 3.93. The Morgan fingerprint density at radius 3 is 2.76 bits per heavy atom. The van der Waals surface area contributed by atoms with E-state index in [0.717, 1.165) is 0 Å². The number of carboxylic acid groups (broad SMARTS) is 1. The van der Waals surface area contributed by atoms with Gasteiger partial charge in [-0.05, 0) is 6.42 Å². The Labute approximate surface area is 98.9 Å². The molecule has 1 heterocycles. The van der Waals surface area contributed by atoms with Crippen molar-refractivity contribution in [2.24, 2.45) is 0 Å². The van der Waals surface area contributed by atoms with Crippen molar-refractivity contribution in [2.75, 3.05) is 13.1 Å². The van der Waals surface area contributed by atoms with Crippen LogP contribution in [-0.2, 0) is 14.4 Å². The average Bonchev–Trinajstić information content (AvgIpc) is 2.29. The molecule has 1 saturated heterocycles. The Kier molecular flexibility index (Phi) is 4.89. The lowest BCUT2D eigenvalue weighted by molar-refractivity contribution is -0.142. The molecule has 7 nitrogen and oxygen atoms in total. The van der Waals surface area contributed by atoms with Crippen molar-refractivity contribution < 1.29 is 19.5 Å². The van der Waals surface area contributed by atoms with Gasteiger partial charge in [-0.1, -0.05) is 13.3 Å². The zero-order valence-electron chi connectivity index (χ0n) is 9.66. The maximum absolute atomic E-state index is 11.7. The summed E-state index contributed by atoms with van der Waals surface area (Å²) in [6.45, 7) is 2.11. The largest absolute Gasteiger partial charge is 0.480 e. The number of aliphatic carboxylic acids is 1. The minimum atomic E-state index is -1.04. The van der Waals surface area contributed by atoms with E-state index in [2.05, 4.69) is 16.0 Å². The molecule has 1 rings (SSSR count). The van der Waals surface area contributed by atoms with E-state index in [9.17, 15) is 14.4 Å². The predicted molar refractivity (Wildman–Crippen MR) is 59.3 cm³/mol. The van der Waals surface area contributed by atoms with Crippen LogP contribution in [0.5, 0.6) is 0 Å². The number of piperazine rings is 1. The van der Waals surface area contributed by atoms with Crippen molar-refractivity contribution in [1.29, 1.82) is 0 Å². The number of nitrogens with one attached hydrogen (secondary N) is 3. The number of amides is 2. The first-order valence-electron chi connectivity index (χ1n) is 5.57. The summed E-state index contributed by atoms with van der Waals surface area (Å²) >= 11 is 0. The maximum atomic E-state index is 11.7. The summed E-state index contributed by atoms with van der Waals surface area (Å²) in [6.07, 6.45) is 1.06. The van der Waals surface area contributed by atoms with Crippen LogP contribution in [-0.4, -0.2) is 48.1 Å². The summed E-state index contributed by atoms with van der Waals surface area (Å²) in [5.74, 6) is -1.61. The first-order valence-corrected chi connectivity index (χ1v) is 5.57. The third kappa shape index (κ3) is 4.03.